The van der Waals surface area contributed by atoms with Crippen LogP contribution in [0.1, 0.15) is 11.1 Å². The summed E-state index contributed by atoms with van der Waals surface area (Å²) in [5.74, 6) is -0.673. The molecule has 0 aliphatic carbocycles. The number of aryl methyl sites for hydroxylation is 1. The Morgan fingerprint density at radius 1 is 1.47 bits per heavy atom. The fraction of sp³-hybridized carbons (Fsp3) is 0.182. The van der Waals surface area contributed by atoms with Crippen LogP contribution < -0.4 is 4.72 Å². The largest absolute Gasteiger partial charge is 0.392 e. The lowest BCUT2D eigenvalue weighted by Gasteiger charge is -2.10. The predicted octanol–water partition coefficient (Wildman–Crippen LogP) is 1.15. The standard InChI is InChI=1S/C11H12FN3O3S/c1-7-3-2-4-9(12)10(7)15-19(17,18)11-8(6-16)5-13-14-11/h2-5,15-16H,6H2,1H3,(H,13,14). The van der Waals surface area contributed by atoms with Crippen LogP contribution in [0.5, 0.6) is 0 Å². The molecule has 1 heterocycles. The maximum Gasteiger partial charge on any atom is 0.279 e. The Balaban J connectivity index is 2.43. The Morgan fingerprint density at radius 3 is 2.84 bits per heavy atom. The zero-order valence-electron chi connectivity index (χ0n) is 10.0. The van der Waals surface area contributed by atoms with E-state index in [1.165, 1.54) is 12.3 Å². The third kappa shape index (κ3) is 2.59. The molecule has 2 rings (SSSR count). The topological polar surface area (TPSA) is 95.1 Å². The second kappa shape index (κ2) is 4.98. The van der Waals surface area contributed by atoms with Crippen molar-refractivity contribution in [2.75, 3.05) is 4.72 Å². The monoisotopic (exact) mass is 285 g/mol. The van der Waals surface area contributed by atoms with Gasteiger partial charge in [0.05, 0.1) is 18.5 Å². The van der Waals surface area contributed by atoms with Crippen LogP contribution in [0.3, 0.4) is 0 Å². The van der Waals surface area contributed by atoms with E-state index < -0.39 is 22.4 Å². The van der Waals surface area contributed by atoms with Gasteiger partial charge in [0.15, 0.2) is 5.03 Å². The number of aliphatic hydroxyl groups is 1. The average Bonchev–Trinajstić information content (AvgIpc) is 2.83. The summed E-state index contributed by atoms with van der Waals surface area (Å²) in [5.41, 5.74) is 0.441. The number of rotatable bonds is 4. The molecule has 0 amide bonds. The summed E-state index contributed by atoms with van der Waals surface area (Å²) in [6.45, 7) is 1.10. The molecular weight excluding hydrogens is 273 g/mol. The van der Waals surface area contributed by atoms with Crippen molar-refractivity contribution < 1.29 is 17.9 Å². The number of nitrogens with zero attached hydrogens (tertiary/aromatic N) is 1. The average molecular weight is 285 g/mol. The van der Waals surface area contributed by atoms with E-state index in [0.717, 1.165) is 6.07 Å². The molecule has 0 bridgehead atoms. The Hall–Kier alpha value is -1.93. The number of aromatic nitrogens is 2. The van der Waals surface area contributed by atoms with E-state index >= 15 is 0 Å². The molecule has 0 fully saturated rings. The van der Waals surface area contributed by atoms with Gasteiger partial charge < -0.3 is 5.11 Å². The molecule has 0 aliphatic rings. The first-order valence-electron chi connectivity index (χ1n) is 5.36. The van der Waals surface area contributed by atoms with Gasteiger partial charge in [0.25, 0.3) is 10.0 Å². The summed E-state index contributed by atoms with van der Waals surface area (Å²) >= 11 is 0. The fourth-order valence-electron chi connectivity index (χ4n) is 1.59. The molecule has 0 saturated heterocycles. The van der Waals surface area contributed by atoms with Crippen LogP contribution in [-0.2, 0) is 16.6 Å². The highest BCUT2D eigenvalue weighted by molar-refractivity contribution is 7.92. The van der Waals surface area contributed by atoms with E-state index in [-0.39, 0.29) is 16.3 Å². The van der Waals surface area contributed by atoms with Crippen molar-refractivity contribution >= 4 is 15.7 Å². The highest BCUT2D eigenvalue weighted by Crippen LogP contribution is 2.23. The Morgan fingerprint density at radius 2 is 2.21 bits per heavy atom. The number of para-hydroxylation sites is 1. The van der Waals surface area contributed by atoms with E-state index in [9.17, 15) is 12.8 Å². The van der Waals surface area contributed by atoms with Crippen LogP contribution in [0.4, 0.5) is 10.1 Å². The first-order chi connectivity index (χ1) is 8.95. The molecule has 0 unspecified atom stereocenters. The van der Waals surface area contributed by atoms with Crippen molar-refractivity contribution in [1.82, 2.24) is 10.2 Å². The molecule has 1 aromatic heterocycles. The number of hydrogen-bond acceptors (Lipinski definition) is 4. The van der Waals surface area contributed by atoms with Crippen molar-refractivity contribution in [3.8, 4) is 0 Å². The number of hydrogen-bond donors (Lipinski definition) is 3. The molecule has 8 heteroatoms. The lowest BCUT2D eigenvalue weighted by molar-refractivity contribution is 0.278. The van der Waals surface area contributed by atoms with Gasteiger partial charge >= 0.3 is 0 Å². The maximum absolute atomic E-state index is 13.6. The van der Waals surface area contributed by atoms with Crippen molar-refractivity contribution in [2.45, 2.75) is 18.6 Å². The van der Waals surface area contributed by atoms with Crippen LogP contribution in [0.2, 0.25) is 0 Å². The number of H-pyrrole nitrogens is 1. The molecular formula is C11H12FN3O3S. The van der Waals surface area contributed by atoms with E-state index in [0.29, 0.717) is 5.56 Å². The Bertz CT molecular complexity index is 677. The highest BCUT2D eigenvalue weighted by atomic mass is 32.2. The highest BCUT2D eigenvalue weighted by Gasteiger charge is 2.22. The number of aromatic amines is 1. The van der Waals surface area contributed by atoms with E-state index in [1.807, 2.05) is 0 Å². The van der Waals surface area contributed by atoms with Crippen LogP contribution in [0.25, 0.3) is 0 Å². The van der Waals surface area contributed by atoms with Crippen LogP contribution in [0.15, 0.2) is 29.4 Å². The molecule has 0 atom stereocenters. The molecule has 3 N–H and O–H groups in total. The van der Waals surface area contributed by atoms with Gasteiger partial charge in [0.2, 0.25) is 0 Å². The fourth-order valence-corrected chi connectivity index (χ4v) is 2.86. The summed E-state index contributed by atoms with van der Waals surface area (Å²) in [7, 11) is -4.03. The van der Waals surface area contributed by atoms with Crippen molar-refractivity contribution in [3.63, 3.8) is 0 Å². The minimum atomic E-state index is -4.03. The van der Waals surface area contributed by atoms with Gasteiger partial charge in [-0.3, -0.25) is 9.82 Å². The van der Waals surface area contributed by atoms with Gasteiger partial charge in [-0.15, -0.1) is 0 Å². The number of halogens is 1. The first-order valence-corrected chi connectivity index (χ1v) is 6.85. The molecule has 1 aromatic carbocycles. The molecule has 2 aromatic rings. The SMILES string of the molecule is Cc1cccc(F)c1NS(=O)(=O)c1[nH]ncc1CO. The number of anilines is 1. The van der Waals surface area contributed by atoms with E-state index in [1.54, 1.807) is 13.0 Å². The predicted molar refractivity (Wildman–Crippen MR) is 66.5 cm³/mol. The smallest absolute Gasteiger partial charge is 0.279 e. The number of aliphatic hydroxyl groups excluding tert-OH is 1. The third-order valence-electron chi connectivity index (χ3n) is 2.58. The van der Waals surface area contributed by atoms with Gasteiger partial charge in [-0.2, -0.15) is 13.5 Å². The molecule has 19 heavy (non-hydrogen) atoms. The van der Waals surface area contributed by atoms with Crippen LogP contribution in [0, 0.1) is 12.7 Å². The quantitative estimate of drug-likeness (QED) is 0.785. The normalized spacial score (nSPS) is 11.5. The Labute approximate surface area is 109 Å². The zero-order valence-corrected chi connectivity index (χ0v) is 10.8. The van der Waals surface area contributed by atoms with Gasteiger partial charge in [0, 0.05) is 5.56 Å². The lowest BCUT2D eigenvalue weighted by atomic mass is 10.2. The summed E-state index contributed by atoms with van der Waals surface area (Å²) in [6.07, 6.45) is 1.20. The molecule has 0 aliphatic heterocycles. The molecule has 6 nitrogen and oxygen atoms in total. The molecule has 102 valence electrons. The van der Waals surface area contributed by atoms with Gasteiger partial charge in [-0.25, -0.2) is 4.39 Å². The van der Waals surface area contributed by atoms with Crippen molar-refractivity contribution in [2.24, 2.45) is 0 Å². The summed E-state index contributed by atoms with van der Waals surface area (Å²) in [6, 6.07) is 4.23. The van der Waals surface area contributed by atoms with Crippen LogP contribution >= 0.6 is 0 Å². The van der Waals surface area contributed by atoms with Crippen LogP contribution in [-0.4, -0.2) is 23.7 Å². The second-order valence-corrected chi connectivity index (χ2v) is 5.54. The number of sulfonamides is 1. The summed E-state index contributed by atoms with van der Waals surface area (Å²) in [5, 5.41) is 14.6. The van der Waals surface area contributed by atoms with Gasteiger partial charge in [0.1, 0.15) is 5.82 Å². The Kier molecular flexibility index (Phi) is 3.54. The van der Waals surface area contributed by atoms with E-state index in [4.69, 9.17) is 5.11 Å². The van der Waals surface area contributed by atoms with Gasteiger partial charge in [-0.1, -0.05) is 12.1 Å². The second-order valence-electron chi connectivity index (χ2n) is 3.92. The first kappa shape index (κ1) is 13.5. The minimum absolute atomic E-state index is 0.112. The zero-order chi connectivity index (χ0) is 14.0. The minimum Gasteiger partial charge on any atom is -0.392 e. The number of nitrogens with one attached hydrogen (secondary N) is 2. The molecule has 0 saturated carbocycles. The number of benzene rings is 1. The van der Waals surface area contributed by atoms with Crippen molar-refractivity contribution in [3.05, 3.63) is 41.3 Å². The molecule has 0 radical (unpaired) electrons. The summed E-state index contributed by atoms with van der Waals surface area (Å²) < 4.78 is 39.9. The maximum atomic E-state index is 13.6. The van der Waals surface area contributed by atoms with Gasteiger partial charge in [-0.05, 0) is 18.6 Å². The van der Waals surface area contributed by atoms with Crippen molar-refractivity contribution in [1.29, 1.82) is 0 Å². The lowest BCUT2D eigenvalue weighted by Crippen LogP contribution is -2.17. The summed E-state index contributed by atoms with van der Waals surface area (Å²) in [4.78, 5) is 0. The van der Waals surface area contributed by atoms with E-state index in [2.05, 4.69) is 14.9 Å². The third-order valence-corrected chi connectivity index (χ3v) is 3.94. The molecule has 0 spiro atoms.